The summed E-state index contributed by atoms with van der Waals surface area (Å²) in [6, 6.07) is 18.2. The molecule has 2 aromatic carbocycles. The summed E-state index contributed by atoms with van der Waals surface area (Å²) in [5, 5.41) is 11.3. The molecule has 0 spiro atoms. The van der Waals surface area contributed by atoms with Gasteiger partial charge in [0.2, 0.25) is 0 Å². The number of guanidine groups is 1. The Hall–Kier alpha value is -3.32. The number of hydrogen-bond donors (Lipinski definition) is 2. The molecule has 0 radical (unpaired) electrons. The first kappa shape index (κ1) is 22.4. The minimum Gasteiger partial charge on any atom is -0.497 e. The number of hydrogen-bond acceptors (Lipinski definition) is 4. The lowest BCUT2D eigenvalue weighted by Gasteiger charge is -2.15. The SMILES string of the molecule is CN=C(NCCOCc1cccc(OC)c1)NCc1ccccc1-n1nc(C)cc1C. The Morgan fingerprint density at radius 3 is 2.65 bits per heavy atom. The quantitative estimate of drug-likeness (QED) is 0.315. The van der Waals surface area contributed by atoms with Gasteiger partial charge in [-0.1, -0.05) is 30.3 Å². The minimum absolute atomic E-state index is 0.543. The van der Waals surface area contributed by atoms with Crippen LogP contribution in [0.5, 0.6) is 5.75 Å². The summed E-state index contributed by atoms with van der Waals surface area (Å²) in [5.74, 6) is 1.57. The number of aromatic nitrogens is 2. The molecule has 0 atom stereocenters. The van der Waals surface area contributed by atoms with Gasteiger partial charge in [-0.15, -0.1) is 0 Å². The van der Waals surface area contributed by atoms with Gasteiger partial charge < -0.3 is 20.1 Å². The molecule has 3 aromatic rings. The van der Waals surface area contributed by atoms with Crippen LogP contribution in [0.3, 0.4) is 0 Å². The highest BCUT2D eigenvalue weighted by atomic mass is 16.5. The second kappa shape index (κ2) is 11.2. The molecule has 164 valence electrons. The normalized spacial score (nSPS) is 11.4. The van der Waals surface area contributed by atoms with Crippen molar-refractivity contribution in [1.29, 1.82) is 0 Å². The van der Waals surface area contributed by atoms with E-state index in [9.17, 15) is 0 Å². The molecule has 0 bridgehead atoms. The maximum atomic E-state index is 5.76. The summed E-state index contributed by atoms with van der Waals surface area (Å²) in [6.45, 7) is 6.48. The molecular weight excluding hydrogens is 390 g/mol. The van der Waals surface area contributed by atoms with Crippen LogP contribution in [0.25, 0.3) is 5.69 Å². The predicted octanol–water partition coefficient (Wildman–Crippen LogP) is 3.38. The predicted molar refractivity (Wildman–Crippen MR) is 124 cm³/mol. The number of rotatable bonds is 9. The molecule has 0 unspecified atom stereocenters. The Kier molecular flexibility index (Phi) is 8.06. The second-order valence-electron chi connectivity index (χ2n) is 7.22. The lowest BCUT2D eigenvalue weighted by Crippen LogP contribution is -2.38. The standard InChI is InChI=1S/C24H31N5O2/c1-18-14-19(2)29(28-18)23-11-6-5-9-21(23)16-27-24(25-3)26-12-13-31-17-20-8-7-10-22(15-20)30-4/h5-11,14-15H,12-13,16-17H2,1-4H3,(H2,25,26,27). The molecule has 0 amide bonds. The zero-order chi connectivity index (χ0) is 22.1. The summed E-state index contributed by atoms with van der Waals surface area (Å²) >= 11 is 0. The second-order valence-corrected chi connectivity index (χ2v) is 7.22. The third-order valence-electron chi connectivity index (χ3n) is 4.84. The van der Waals surface area contributed by atoms with E-state index in [0.717, 1.165) is 39.9 Å². The van der Waals surface area contributed by atoms with E-state index < -0.39 is 0 Å². The fraction of sp³-hybridized carbons (Fsp3) is 0.333. The summed E-state index contributed by atoms with van der Waals surface area (Å²) < 4.78 is 13.0. The maximum Gasteiger partial charge on any atom is 0.191 e. The molecule has 7 nitrogen and oxygen atoms in total. The van der Waals surface area contributed by atoms with E-state index >= 15 is 0 Å². The number of nitrogens with zero attached hydrogens (tertiary/aromatic N) is 3. The fourth-order valence-electron chi connectivity index (χ4n) is 3.33. The highest BCUT2D eigenvalue weighted by Crippen LogP contribution is 2.17. The van der Waals surface area contributed by atoms with E-state index in [0.29, 0.717) is 26.3 Å². The molecule has 0 aliphatic heterocycles. The molecule has 0 aliphatic rings. The molecule has 3 rings (SSSR count). The van der Waals surface area contributed by atoms with Gasteiger partial charge >= 0.3 is 0 Å². The van der Waals surface area contributed by atoms with Gasteiger partial charge in [0, 0.05) is 25.8 Å². The topological polar surface area (TPSA) is 72.7 Å². The van der Waals surface area contributed by atoms with E-state index in [1.165, 1.54) is 0 Å². The number of aryl methyl sites for hydroxylation is 2. The van der Waals surface area contributed by atoms with Gasteiger partial charge in [-0.2, -0.15) is 5.10 Å². The van der Waals surface area contributed by atoms with Crippen LogP contribution in [-0.4, -0.2) is 43.0 Å². The number of aliphatic imine (C=N–C) groups is 1. The van der Waals surface area contributed by atoms with Crippen molar-refractivity contribution in [3.8, 4) is 11.4 Å². The summed E-state index contributed by atoms with van der Waals surface area (Å²) in [4.78, 5) is 4.31. The van der Waals surface area contributed by atoms with Gasteiger partial charge in [0.05, 0.1) is 31.7 Å². The van der Waals surface area contributed by atoms with Crippen molar-refractivity contribution < 1.29 is 9.47 Å². The van der Waals surface area contributed by atoms with Crippen LogP contribution in [0.4, 0.5) is 0 Å². The largest absolute Gasteiger partial charge is 0.497 e. The molecule has 2 N–H and O–H groups in total. The third-order valence-corrected chi connectivity index (χ3v) is 4.84. The van der Waals surface area contributed by atoms with Crippen molar-refractivity contribution >= 4 is 5.96 Å². The van der Waals surface area contributed by atoms with Crippen molar-refractivity contribution in [2.24, 2.45) is 4.99 Å². The highest BCUT2D eigenvalue weighted by Gasteiger charge is 2.09. The van der Waals surface area contributed by atoms with Crippen LogP contribution in [0.1, 0.15) is 22.5 Å². The van der Waals surface area contributed by atoms with Crippen LogP contribution in [0.15, 0.2) is 59.6 Å². The Labute approximate surface area is 184 Å². The van der Waals surface area contributed by atoms with Gasteiger partial charge in [-0.3, -0.25) is 4.99 Å². The molecular formula is C24H31N5O2. The third kappa shape index (κ3) is 6.33. The smallest absolute Gasteiger partial charge is 0.191 e. The van der Waals surface area contributed by atoms with Gasteiger partial charge in [0.25, 0.3) is 0 Å². The number of ether oxygens (including phenoxy) is 2. The first-order valence-corrected chi connectivity index (χ1v) is 10.4. The van der Waals surface area contributed by atoms with Crippen LogP contribution >= 0.6 is 0 Å². The molecule has 0 saturated heterocycles. The molecule has 0 aliphatic carbocycles. The zero-order valence-corrected chi connectivity index (χ0v) is 18.7. The van der Waals surface area contributed by atoms with E-state index in [4.69, 9.17) is 9.47 Å². The lowest BCUT2D eigenvalue weighted by molar-refractivity contribution is 0.125. The Morgan fingerprint density at radius 2 is 1.90 bits per heavy atom. The summed E-state index contributed by atoms with van der Waals surface area (Å²) in [6.07, 6.45) is 0. The lowest BCUT2D eigenvalue weighted by atomic mass is 10.1. The number of para-hydroxylation sites is 1. The highest BCUT2D eigenvalue weighted by molar-refractivity contribution is 5.79. The number of benzene rings is 2. The van der Waals surface area contributed by atoms with Gasteiger partial charge in [0.1, 0.15) is 5.75 Å². The zero-order valence-electron chi connectivity index (χ0n) is 18.7. The van der Waals surface area contributed by atoms with Crippen molar-refractivity contribution in [2.75, 3.05) is 27.3 Å². The Balaban J connectivity index is 1.47. The summed E-state index contributed by atoms with van der Waals surface area (Å²) in [5.41, 5.74) is 5.42. The van der Waals surface area contributed by atoms with Crippen molar-refractivity contribution in [3.05, 3.63) is 77.1 Å². The van der Waals surface area contributed by atoms with Gasteiger partial charge in [-0.25, -0.2) is 4.68 Å². The average Bonchev–Trinajstić information content (AvgIpc) is 3.13. The van der Waals surface area contributed by atoms with Gasteiger partial charge in [-0.05, 0) is 49.2 Å². The van der Waals surface area contributed by atoms with Crippen molar-refractivity contribution in [3.63, 3.8) is 0 Å². The van der Waals surface area contributed by atoms with Crippen molar-refractivity contribution in [1.82, 2.24) is 20.4 Å². The number of methoxy groups -OCH3 is 1. The van der Waals surface area contributed by atoms with Crippen LogP contribution in [-0.2, 0) is 17.9 Å². The van der Waals surface area contributed by atoms with E-state index in [1.807, 2.05) is 48.0 Å². The summed E-state index contributed by atoms with van der Waals surface area (Å²) in [7, 11) is 3.43. The molecule has 0 saturated carbocycles. The van der Waals surface area contributed by atoms with Crippen LogP contribution in [0.2, 0.25) is 0 Å². The molecule has 0 fully saturated rings. The first-order valence-electron chi connectivity index (χ1n) is 10.4. The average molecular weight is 422 g/mol. The van der Waals surface area contributed by atoms with Crippen LogP contribution < -0.4 is 15.4 Å². The van der Waals surface area contributed by atoms with Crippen molar-refractivity contribution in [2.45, 2.75) is 27.0 Å². The minimum atomic E-state index is 0.543. The molecule has 31 heavy (non-hydrogen) atoms. The Bertz CT molecular complexity index is 1010. The van der Waals surface area contributed by atoms with Crippen LogP contribution in [0, 0.1) is 13.8 Å². The Morgan fingerprint density at radius 1 is 1.06 bits per heavy atom. The monoisotopic (exact) mass is 421 g/mol. The molecule has 1 aromatic heterocycles. The maximum absolute atomic E-state index is 5.76. The molecule has 1 heterocycles. The van der Waals surface area contributed by atoms with E-state index in [-0.39, 0.29) is 0 Å². The van der Waals surface area contributed by atoms with E-state index in [1.54, 1.807) is 14.2 Å². The van der Waals surface area contributed by atoms with E-state index in [2.05, 4.69) is 45.8 Å². The van der Waals surface area contributed by atoms with Gasteiger partial charge in [0.15, 0.2) is 5.96 Å². The number of nitrogens with one attached hydrogen (secondary N) is 2. The first-order chi connectivity index (χ1) is 15.1. The fourth-order valence-corrected chi connectivity index (χ4v) is 3.33. The molecule has 7 heteroatoms.